The van der Waals surface area contributed by atoms with Crippen LogP contribution in [0.25, 0.3) is 127 Å². The van der Waals surface area contributed by atoms with E-state index in [-0.39, 0.29) is 0 Å². The van der Waals surface area contributed by atoms with E-state index >= 15 is 0 Å². The first-order chi connectivity index (χ1) is 30.7. The van der Waals surface area contributed by atoms with Crippen LogP contribution in [-0.4, -0.2) is 19.5 Å². The second-order valence-corrected chi connectivity index (χ2v) is 16.0. The molecule has 13 rings (SSSR count). The lowest BCUT2D eigenvalue weighted by molar-refractivity contribution is 0.670. The van der Waals surface area contributed by atoms with E-state index in [2.05, 4.69) is 150 Å². The predicted molar refractivity (Wildman–Crippen MR) is 256 cm³/mol. The lowest BCUT2D eigenvalue weighted by Gasteiger charge is -2.12. The highest BCUT2D eigenvalue weighted by Crippen LogP contribution is 2.44. The van der Waals surface area contributed by atoms with Gasteiger partial charge in [0.2, 0.25) is 0 Å². The van der Waals surface area contributed by atoms with Crippen molar-refractivity contribution in [3.05, 3.63) is 206 Å². The lowest BCUT2D eigenvalue weighted by Crippen LogP contribution is -2.00. The zero-order chi connectivity index (χ0) is 40.7. The number of rotatable bonds is 5. The quantitative estimate of drug-likeness (QED) is 0.174. The molecule has 3 aromatic heterocycles. The minimum Gasteiger partial charge on any atom is -0.455 e. The minimum atomic E-state index is 0.555. The highest BCUT2D eigenvalue weighted by Gasteiger charge is 2.22. The van der Waals surface area contributed by atoms with Crippen molar-refractivity contribution in [1.82, 2.24) is 19.5 Å². The Morgan fingerprint density at radius 2 is 0.774 bits per heavy atom. The largest absolute Gasteiger partial charge is 0.455 e. The molecule has 0 aliphatic heterocycles. The molecule has 5 heteroatoms. The zero-order valence-corrected chi connectivity index (χ0v) is 33.3. The number of furan rings is 1. The number of nitrogens with zero attached hydrogens (tertiary/aromatic N) is 4. The molecule has 0 saturated carbocycles. The number of fused-ring (bicyclic) bond motifs is 9. The van der Waals surface area contributed by atoms with Gasteiger partial charge in [0.25, 0.3) is 0 Å². The van der Waals surface area contributed by atoms with Gasteiger partial charge in [0, 0.05) is 38.4 Å². The maximum atomic E-state index is 6.94. The molecule has 0 amide bonds. The van der Waals surface area contributed by atoms with Crippen molar-refractivity contribution < 1.29 is 4.42 Å². The summed E-state index contributed by atoms with van der Waals surface area (Å²) in [7, 11) is 0. The third-order valence-electron chi connectivity index (χ3n) is 12.4. The lowest BCUT2D eigenvalue weighted by atomic mass is 9.96. The summed E-state index contributed by atoms with van der Waals surface area (Å²) in [5, 5.41) is 11.7. The first kappa shape index (κ1) is 34.5. The van der Waals surface area contributed by atoms with Crippen molar-refractivity contribution in [3.63, 3.8) is 0 Å². The van der Waals surface area contributed by atoms with Crippen molar-refractivity contribution in [2.45, 2.75) is 0 Å². The average molecular weight is 791 g/mol. The molecule has 0 N–H and O–H groups in total. The highest BCUT2D eigenvalue weighted by molar-refractivity contribution is 6.19. The minimum absolute atomic E-state index is 0.555. The molecular weight excluding hydrogens is 757 g/mol. The topological polar surface area (TPSA) is 56.7 Å². The Labute approximate surface area is 355 Å². The van der Waals surface area contributed by atoms with Crippen LogP contribution in [0.2, 0.25) is 0 Å². The zero-order valence-electron chi connectivity index (χ0n) is 33.3. The number of hydrogen-bond donors (Lipinski definition) is 0. The molecule has 0 atom stereocenters. The molecule has 62 heavy (non-hydrogen) atoms. The van der Waals surface area contributed by atoms with Crippen LogP contribution in [0.3, 0.4) is 0 Å². The van der Waals surface area contributed by atoms with E-state index in [1.54, 1.807) is 0 Å². The van der Waals surface area contributed by atoms with E-state index in [9.17, 15) is 0 Å². The second kappa shape index (κ2) is 13.6. The summed E-state index contributed by atoms with van der Waals surface area (Å²) in [6.45, 7) is 0. The molecule has 0 aliphatic rings. The summed E-state index contributed by atoms with van der Waals surface area (Å²) >= 11 is 0. The Kier molecular flexibility index (Phi) is 7.54. The normalized spacial score (nSPS) is 11.9. The Hall–Kier alpha value is -8.41. The van der Waals surface area contributed by atoms with Gasteiger partial charge in [-0.2, -0.15) is 0 Å². The van der Waals surface area contributed by atoms with E-state index in [0.29, 0.717) is 17.5 Å². The molecule has 0 unspecified atom stereocenters. The first-order valence-corrected chi connectivity index (χ1v) is 20.9. The van der Waals surface area contributed by atoms with E-state index in [0.717, 1.165) is 66.2 Å². The van der Waals surface area contributed by atoms with E-state index in [1.807, 2.05) is 60.7 Å². The second-order valence-electron chi connectivity index (χ2n) is 16.0. The van der Waals surface area contributed by atoms with Crippen LogP contribution in [-0.2, 0) is 0 Å². The van der Waals surface area contributed by atoms with Gasteiger partial charge in [-0.3, -0.25) is 0 Å². The van der Waals surface area contributed by atoms with E-state index in [4.69, 9.17) is 19.4 Å². The molecule has 0 aliphatic carbocycles. The molecule has 0 bridgehead atoms. The molecular formula is C57H34N4O. The molecule has 0 radical (unpaired) electrons. The van der Waals surface area contributed by atoms with Crippen molar-refractivity contribution in [3.8, 4) is 51.0 Å². The third-order valence-corrected chi connectivity index (χ3v) is 12.4. The van der Waals surface area contributed by atoms with Gasteiger partial charge >= 0.3 is 0 Å². The van der Waals surface area contributed by atoms with Crippen LogP contribution >= 0.6 is 0 Å². The van der Waals surface area contributed by atoms with Gasteiger partial charge in [-0.1, -0.05) is 152 Å². The smallest absolute Gasteiger partial charge is 0.167 e. The van der Waals surface area contributed by atoms with E-state index in [1.165, 1.54) is 43.4 Å². The van der Waals surface area contributed by atoms with Crippen LogP contribution in [0, 0.1) is 0 Å². The summed E-state index contributed by atoms with van der Waals surface area (Å²) in [5.41, 5.74) is 9.82. The van der Waals surface area contributed by atoms with Gasteiger partial charge in [-0.25, -0.2) is 15.0 Å². The van der Waals surface area contributed by atoms with Gasteiger partial charge in [-0.15, -0.1) is 0 Å². The number of benzene rings is 10. The first-order valence-electron chi connectivity index (χ1n) is 20.9. The standard InChI is InChI=1S/C57H34N4O/c1-3-13-36(14-4-1)55-58-56(37-15-5-2-6-16-37)60-57(59-55)46-28-27-45(53-49-31-40-19-9-12-22-43(40)34-52(49)62-54(46)53)35-23-25-44(26-24-35)61-50-32-41-20-10-7-17-38(41)29-47(50)48-30-39-18-8-11-21-42(39)33-51(48)61/h1-34H. The Bertz CT molecular complexity index is 3760. The maximum absolute atomic E-state index is 6.94. The summed E-state index contributed by atoms with van der Waals surface area (Å²) in [6, 6.07) is 72.9. The molecule has 10 aromatic carbocycles. The van der Waals surface area contributed by atoms with Crippen LogP contribution < -0.4 is 0 Å². The van der Waals surface area contributed by atoms with Crippen LogP contribution in [0.4, 0.5) is 0 Å². The number of aromatic nitrogens is 4. The molecule has 3 heterocycles. The monoisotopic (exact) mass is 790 g/mol. The molecule has 5 nitrogen and oxygen atoms in total. The molecule has 0 fully saturated rings. The van der Waals surface area contributed by atoms with Gasteiger partial charge in [0.15, 0.2) is 17.5 Å². The fourth-order valence-electron chi connectivity index (χ4n) is 9.37. The van der Waals surface area contributed by atoms with Crippen LogP contribution in [0.15, 0.2) is 211 Å². The van der Waals surface area contributed by atoms with Crippen LogP contribution in [0.5, 0.6) is 0 Å². The molecule has 0 spiro atoms. The summed E-state index contributed by atoms with van der Waals surface area (Å²) < 4.78 is 9.36. The molecule has 288 valence electrons. The fourth-order valence-corrected chi connectivity index (χ4v) is 9.37. The Morgan fingerprint density at radius 3 is 1.31 bits per heavy atom. The summed E-state index contributed by atoms with van der Waals surface area (Å²) in [6.07, 6.45) is 0. The predicted octanol–water partition coefficient (Wildman–Crippen LogP) is 15.0. The Balaban J connectivity index is 1.03. The fraction of sp³-hybridized carbons (Fsp3) is 0. The van der Waals surface area contributed by atoms with Crippen molar-refractivity contribution in [1.29, 1.82) is 0 Å². The van der Waals surface area contributed by atoms with Crippen LogP contribution in [0.1, 0.15) is 0 Å². The van der Waals surface area contributed by atoms with Gasteiger partial charge in [0.1, 0.15) is 11.2 Å². The SMILES string of the molecule is c1ccc(-c2nc(-c3ccccc3)nc(-c3ccc(-c4ccc(-n5c6cc7ccccc7cc6c6cc7ccccc7cc65)cc4)c4c3oc3cc5ccccc5cc34)n2)cc1. The maximum Gasteiger partial charge on any atom is 0.167 e. The molecule has 13 aromatic rings. The van der Waals surface area contributed by atoms with Gasteiger partial charge in [0.05, 0.1) is 16.6 Å². The van der Waals surface area contributed by atoms with Crippen molar-refractivity contribution in [2.24, 2.45) is 0 Å². The molecule has 0 saturated heterocycles. The average Bonchev–Trinajstić information content (AvgIpc) is 3.86. The number of hydrogen-bond acceptors (Lipinski definition) is 4. The van der Waals surface area contributed by atoms with E-state index < -0.39 is 0 Å². The van der Waals surface area contributed by atoms with Crippen molar-refractivity contribution in [2.75, 3.05) is 0 Å². The third kappa shape index (κ3) is 5.45. The summed E-state index contributed by atoms with van der Waals surface area (Å²) in [5.74, 6) is 1.77. The highest BCUT2D eigenvalue weighted by atomic mass is 16.3. The summed E-state index contributed by atoms with van der Waals surface area (Å²) in [4.78, 5) is 15.2. The van der Waals surface area contributed by atoms with Gasteiger partial charge < -0.3 is 8.98 Å². The van der Waals surface area contributed by atoms with Crippen molar-refractivity contribution >= 4 is 76.1 Å². The van der Waals surface area contributed by atoms with Gasteiger partial charge in [-0.05, 0) is 98.0 Å². The Morgan fingerprint density at radius 1 is 0.339 bits per heavy atom.